The number of likely N-dealkylation sites (N-methyl/N-ethyl adjacent to an activating group) is 1. The van der Waals surface area contributed by atoms with Crippen LogP contribution in [-0.2, 0) is 0 Å². The van der Waals surface area contributed by atoms with Crippen molar-refractivity contribution in [2.24, 2.45) is 0 Å². The van der Waals surface area contributed by atoms with E-state index in [1.165, 1.54) is 44.9 Å². The molecule has 0 saturated carbocycles. The van der Waals surface area contributed by atoms with Crippen molar-refractivity contribution in [2.75, 3.05) is 33.2 Å². The molecule has 20 heavy (non-hydrogen) atoms. The van der Waals surface area contributed by atoms with E-state index in [0.717, 1.165) is 32.5 Å². The quantitative estimate of drug-likeness (QED) is 0.349. The molecule has 120 valence electrons. The third-order valence-electron chi connectivity index (χ3n) is 3.36. The van der Waals surface area contributed by atoms with Crippen LogP contribution in [0, 0.1) is 0 Å². The van der Waals surface area contributed by atoms with Crippen LogP contribution in [-0.4, -0.2) is 44.4 Å². The fourth-order valence-electron chi connectivity index (χ4n) is 2.15. The number of nitrogens with one attached hydrogen (secondary N) is 3. The van der Waals surface area contributed by atoms with Crippen LogP contribution in [0.3, 0.4) is 0 Å². The van der Waals surface area contributed by atoms with E-state index in [-0.39, 0.29) is 0 Å². The van der Waals surface area contributed by atoms with Gasteiger partial charge in [0.1, 0.15) is 0 Å². The maximum absolute atomic E-state index is 10.2. The van der Waals surface area contributed by atoms with Crippen LogP contribution in [0.1, 0.15) is 57.8 Å². The highest BCUT2D eigenvalue weighted by Crippen LogP contribution is 2.09. The Hall–Kier alpha value is -0.810. The summed E-state index contributed by atoms with van der Waals surface area (Å²) in [5.41, 5.74) is 0. The lowest BCUT2D eigenvalue weighted by atomic mass is 10.1. The van der Waals surface area contributed by atoms with E-state index < -0.39 is 6.09 Å². The smallest absolute Gasteiger partial charge is 0.404 e. The van der Waals surface area contributed by atoms with Crippen LogP contribution in [0.15, 0.2) is 0 Å². The number of carboxylic acid groups (broad SMARTS) is 1. The van der Waals surface area contributed by atoms with Crippen molar-refractivity contribution in [3.8, 4) is 0 Å². The molecule has 0 rings (SSSR count). The van der Waals surface area contributed by atoms with E-state index >= 15 is 0 Å². The average Bonchev–Trinajstić information content (AvgIpc) is 2.43. The molecule has 0 aromatic carbocycles. The number of rotatable bonds is 15. The third-order valence-corrected chi connectivity index (χ3v) is 3.36. The van der Waals surface area contributed by atoms with E-state index in [0.29, 0.717) is 6.54 Å². The van der Waals surface area contributed by atoms with E-state index in [1.54, 1.807) is 0 Å². The first-order valence-electron chi connectivity index (χ1n) is 8.09. The summed E-state index contributed by atoms with van der Waals surface area (Å²) in [6.45, 7) is 3.84. The molecule has 0 bridgehead atoms. The average molecular weight is 287 g/mol. The van der Waals surface area contributed by atoms with Crippen LogP contribution in [0.2, 0.25) is 0 Å². The maximum atomic E-state index is 10.2. The highest BCUT2D eigenvalue weighted by molar-refractivity contribution is 5.64. The molecule has 5 nitrogen and oxygen atoms in total. The van der Waals surface area contributed by atoms with Crippen LogP contribution in [0.4, 0.5) is 4.79 Å². The molecule has 0 aliphatic rings. The van der Waals surface area contributed by atoms with E-state index in [4.69, 9.17) is 5.11 Å². The zero-order chi connectivity index (χ0) is 14.9. The van der Waals surface area contributed by atoms with Gasteiger partial charge in [-0.15, -0.1) is 0 Å². The number of carbonyl (C=O) groups is 1. The number of hydrogen-bond donors (Lipinski definition) is 4. The molecule has 0 spiro atoms. The Morgan fingerprint density at radius 2 is 1.25 bits per heavy atom. The summed E-state index contributed by atoms with van der Waals surface area (Å²) >= 11 is 0. The SMILES string of the molecule is CNCCNCCCCCCCCCCCNC(=O)O. The Morgan fingerprint density at radius 3 is 1.75 bits per heavy atom. The maximum Gasteiger partial charge on any atom is 0.404 e. The van der Waals surface area contributed by atoms with Crippen molar-refractivity contribution >= 4 is 6.09 Å². The van der Waals surface area contributed by atoms with Crippen molar-refractivity contribution in [1.29, 1.82) is 0 Å². The van der Waals surface area contributed by atoms with Gasteiger partial charge in [0.25, 0.3) is 0 Å². The summed E-state index contributed by atoms with van der Waals surface area (Å²) in [5.74, 6) is 0. The minimum Gasteiger partial charge on any atom is -0.465 e. The van der Waals surface area contributed by atoms with Gasteiger partial charge in [-0.25, -0.2) is 4.79 Å². The fraction of sp³-hybridized carbons (Fsp3) is 0.933. The molecule has 5 heteroatoms. The van der Waals surface area contributed by atoms with Gasteiger partial charge in [-0.05, 0) is 26.4 Å². The summed E-state index contributed by atoms with van der Waals surface area (Å²) in [7, 11) is 1.98. The third kappa shape index (κ3) is 17.2. The standard InChI is InChI=1S/C15H33N3O2/c1-16-13-14-17-11-9-7-5-3-2-4-6-8-10-12-18-15(19)20/h16-18H,2-14H2,1H3,(H,19,20). The molecular formula is C15H33N3O2. The Balaban J connectivity index is 2.94. The molecule has 0 aromatic rings. The predicted octanol–water partition coefficient (Wildman–Crippen LogP) is 2.57. The van der Waals surface area contributed by atoms with Gasteiger partial charge in [0.05, 0.1) is 0 Å². The van der Waals surface area contributed by atoms with Crippen molar-refractivity contribution in [3.05, 3.63) is 0 Å². The Bertz CT molecular complexity index is 213. The van der Waals surface area contributed by atoms with E-state index in [9.17, 15) is 4.79 Å². The predicted molar refractivity (Wildman–Crippen MR) is 84.4 cm³/mol. The molecule has 0 aromatic heterocycles. The second-order valence-corrected chi connectivity index (χ2v) is 5.27. The first-order valence-corrected chi connectivity index (χ1v) is 8.09. The first-order chi connectivity index (χ1) is 9.77. The van der Waals surface area contributed by atoms with Gasteiger partial charge in [-0.3, -0.25) is 0 Å². The minimum absolute atomic E-state index is 0.593. The minimum atomic E-state index is -0.912. The van der Waals surface area contributed by atoms with Gasteiger partial charge in [-0.1, -0.05) is 44.9 Å². The molecule has 0 heterocycles. The highest BCUT2D eigenvalue weighted by atomic mass is 16.4. The zero-order valence-corrected chi connectivity index (χ0v) is 13.0. The second kappa shape index (κ2) is 16.2. The first kappa shape index (κ1) is 19.2. The Labute approximate surface area is 123 Å². The number of amides is 1. The van der Waals surface area contributed by atoms with Crippen LogP contribution in [0.5, 0.6) is 0 Å². The number of unbranched alkanes of at least 4 members (excludes halogenated alkanes) is 8. The van der Waals surface area contributed by atoms with E-state index in [1.807, 2.05) is 7.05 Å². The lowest BCUT2D eigenvalue weighted by Gasteiger charge is -2.04. The largest absolute Gasteiger partial charge is 0.465 e. The van der Waals surface area contributed by atoms with Gasteiger partial charge < -0.3 is 21.1 Å². The lowest BCUT2D eigenvalue weighted by Crippen LogP contribution is -2.25. The summed E-state index contributed by atoms with van der Waals surface area (Å²) in [6.07, 6.45) is 10.3. The summed E-state index contributed by atoms with van der Waals surface area (Å²) in [5, 5.41) is 17.3. The van der Waals surface area contributed by atoms with Gasteiger partial charge in [0, 0.05) is 19.6 Å². The monoisotopic (exact) mass is 287 g/mol. The van der Waals surface area contributed by atoms with Gasteiger partial charge in [-0.2, -0.15) is 0 Å². The van der Waals surface area contributed by atoms with Crippen molar-refractivity contribution in [2.45, 2.75) is 57.8 Å². The topological polar surface area (TPSA) is 73.4 Å². The second-order valence-electron chi connectivity index (χ2n) is 5.27. The zero-order valence-electron chi connectivity index (χ0n) is 13.0. The Kier molecular flexibility index (Phi) is 15.6. The lowest BCUT2D eigenvalue weighted by molar-refractivity contribution is 0.194. The molecule has 0 unspecified atom stereocenters. The van der Waals surface area contributed by atoms with Gasteiger partial charge in [0.2, 0.25) is 0 Å². The molecule has 0 atom stereocenters. The van der Waals surface area contributed by atoms with Crippen molar-refractivity contribution in [3.63, 3.8) is 0 Å². The Morgan fingerprint density at radius 1 is 0.750 bits per heavy atom. The van der Waals surface area contributed by atoms with Gasteiger partial charge in [0.15, 0.2) is 0 Å². The molecule has 0 aliphatic heterocycles. The van der Waals surface area contributed by atoms with E-state index in [2.05, 4.69) is 16.0 Å². The van der Waals surface area contributed by atoms with Crippen molar-refractivity contribution in [1.82, 2.24) is 16.0 Å². The summed E-state index contributed by atoms with van der Waals surface area (Å²) < 4.78 is 0. The van der Waals surface area contributed by atoms with Crippen LogP contribution < -0.4 is 16.0 Å². The van der Waals surface area contributed by atoms with Crippen LogP contribution >= 0.6 is 0 Å². The normalized spacial score (nSPS) is 10.7. The molecular weight excluding hydrogens is 254 g/mol. The van der Waals surface area contributed by atoms with Crippen LogP contribution in [0.25, 0.3) is 0 Å². The van der Waals surface area contributed by atoms with Crippen molar-refractivity contribution < 1.29 is 9.90 Å². The van der Waals surface area contributed by atoms with Gasteiger partial charge >= 0.3 is 6.09 Å². The highest BCUT2D eigenvalue weighted by Gasteiger charge is 1.95. The summed E-state index contributed by atoms with van der Waals surface area (Å²) in [4.78, 5) is 10.2. The fourth-order valence-corrected chi connectivity index (χ4v) is 2.15. The number of hydrogen-bond acceptors (Lipinski definition) is 3. The molecule has 0 radical (unpaired) electrons. The molecule has 0 aliphatic carbocycles. The molecule has 0 fully saturated rings. The molecule has 0 saturated heterocycles. The summed E-state index contributed by atoms with van der Waals surface area (Å²) in [6, 6.07) is 0. The molecule has 4 N–H and O–H groups in total. The molecule has 1 amide bonds.